The first-order chi connectivity index (χ1) is 14.1. The van der Waals surface area contributed by atoms with Crippen molar-refractivity contribution >= 4 is 26.5 Å². The zero-order valence-electron chi connectivity index (χ0n) is 19.0. The summed E-state index contributed by atoms with van der Waals surface area (Å²) in [6, 6.07) is 4.33. The van der Waals surface area contributed by atoms with E-state index in [-0.39, 0.29) is 17.9 Å². The molecular weight excluding hydrogens is 414 g/mol. The number of sulfonamides is 1. The van der Waals surface area contributed by atoms with Crippen LogP contribution in [0.3, 0.4) is 0 Å². The van der Waals surface area contributed by atoms with E-state index in [9.17, 15) is 8.42 Å². The Labute approximate surface area is 186 Å². The lowest BCUT2D eigenvalue weighted by molar-refractivity contribution is 0.562. The zero-order valence-corrected chi connectivity index (χ0v) is 20.6. The monoisotopic (exact) mass is 449 g/mol. The van der Waals surface area contributed by atoms with Crippen LogP contribution in [0, 0.1) is 0 Å². The Morgan fingerprint density at radius 1 is 1.10 bits per heavy atom. The van der Waals surface area contributed by atoms with Gasteiger partial charge in [-0.15, -0.1) is 11.3 Å². The van der Waals surface area contributed by atoms with E-state index in [0.29, 0.717) is 17.4 Å². The molecule has 1 N–H and O–H groups in total. The molecule has 0 amide bonds. The highest BCUT2D eigenvalue weighted by Crippen LogP contribution is 2.35. The van der Waals surface area contributed by atoms with Gasteiger partial charge in [0.05, 0.1) is 4.90 Å². The second-order valence-corrected chi connectivity index (χ2v) is 11.7. The van der Waals surface area contributed by atoms with Crippen molar-refractivity contribution in [2.45, 2.75) is 83.1 Å². The van der Waals surface area contributed by atoms with Crippen LogP contribution in [0.25, 0.3) is 0 Å². The lowest BCUT2D eigenvalue weighted by Gasteiger charge is -2.26. The van der Waals surface area contributed by atoms with Crippen LogP contribution in [-0.4, -0.2) is 32.5 Å². The SMILES string of the molecule is CC(C)c1cc(C(C)C)c(S(=O)(=O)NCC2CCCN2c2nccs2)c(C(C)C)c1. The van der Waals surface area contributed by atoms with Gasteiger partial charge in [-0.3, -0.25) is 0 Å². The first-order valence-corrected chi connectivity index (χ1v) is 13.3. The molecule has 0 radical (unpaired) electrons. The largest absolute Gasteiger partial charge is 0.344 e. The molecule has 0 spiro atoms. The third-order valence-corrected chi connectivity index (χ3v) is 8.26. The van der Waals surface area contributed by atoms with Crippen molar-refractivity contribution < 1.29 is 8.42 Å². The van der Waals surface area contributed by atoms with Gasteiger partial charge in [-0.05, 0) is 47.3 Å². The molecular formula is C23H35N3O2S2. The number of benzene rings is 1. The minimum atomic E-state index is -3.63. The molecule has 1 aromatic carbocycles. The summed E-state index contributed by atoms with van der Waals surface area (Å²) in [4.78, 5) is 7.14. The van der Waals surface area contributed by atoms with Crippen molar-refractivity contribution in [3.05, 3.63) is 40.4 Å². The molecule has 2 heterocycles. The summed E-state index contributed by atoms with van der Waals surface area (Å²) in [5.74, 6) is 0.618. The van der Waals surface area contributed by atoms with Gasteiger partial charge >= 0.3 is 0 Å². The maximum Gasteiger partial charge on any atom is 0.241 e. The van der Waals surface area contributed by atoms with Gasteiger partial charge in [0.15, 0.2) is 5.13 Å². The molecule has 166 valence electrons. The molecule has 1 aliphatic heterocycles. The van der Waals surface area contributed by atoms with E-state index in [2.05, 4.69) is 68.3 Å². The molecule has 1 fully saturated rings. The number of rotatable bonds is 8. The number of thiazole rings is 1. The van der Waals surface area contributed by atoms with Crippen LogP contribution in [-0.2, 0) is 10.0 Å². The highest BCUT2D eigenvalue weighted by atomic mass is 32.2. The molecule has 1 saturated heterocycles. The van der Waals surface area contributed by atoms with E-state index in [0.717, 1.165) is 35.6 Å². The fraction of sp³-hybridized carbons (Fsp3) is 0.609. The fourth-order valence-electron chi connectivity index (χ4n) is 4.14. The molecule has 3 rings (SSSR count). The van der Waals surface area contributed by atoms with Gasteiger partial charge in [-0.2, -0.15) is 0 Å². The average Bonchev–Trinajstić information content (AvgIpc) is 3.36. The van der Waals surface area contributed by atoms with Gasteiger partial charge in [0.25, 0.3) is 0 Å². The molecule has 1 aliphatic rings. The highest BCUT2D eigenvalue weighted by Gasteiger charge is 2.31. The number of nitrogens with zero attached hydrogens (tertiary/aromatic N) is 2. The summed E-state index contributed by atoms with van der Waals surface area (Å²) in [7, 11) is -3.63. The smallest absolute Gasteiger partial charge is 0.241 e. The van der Waals surface area contributed by atoms with Crippen LogP contribution in [0.4, 0.5) is 5.13 Å². The Kier molecular flexibility index (Phi) is 7.25. The molecule has 0 aliphatic carbocycles. The van der Waals surface area contributed by atoms with Gasteiger partial charge in [0, 0.05) is 30.7 Å². The van der Waals surface area contributed by atoms with Crippen molar-refractivity contribution in [3.63, 3.8) is 0 Å². The van der Waals surface area contributed by atoms with Crippen molar-refractivity contribution in [1.29, 1.82) is 0 Å². The Bertz CT molecular complexity index is 922. The van der Waals surface area contributed by atoms with Gasteiger partial charge < -0.3 is 4.90 Å². The predicted molar refractivity (Wildman–Crippen MR) is 126 cm³/mol. The Morgan fingerprint density at radius 3 is 2.23 bits per heavy atom. The fourth-order valence-corrected chi connectivity index (χ4v) is 6.64. The van der Waals surface area contributed by atoms with Gasteiger partial charge in [-0.25, -0.2) is 18.1 Å². The lowest BCUT2D eigenvalue weighted by atomic mass is 9.89. The summed E-state index contributed by atoms with van der Waals surface area (Å²) in [6.45, 7) is 13.9. The first-order valence-electron chi connectivity index (χ1n) is 10.9. The van der Waals surface area contributed by atoms with E-state index in [4.69, 9.17) is 0 Å². The van der Waals surface area contributed by atoms with Crippen molar-refractivity contribution in [1.82, 2.24) is 9.71 Å². The maximum absolute atomic E-state index is 13.6. The first kappa shape index (κ1) is 23.2. The van der Waals surface area contributed by atoms with E-state index < -0.39 is 10.0 Å². The highest BCUT2D eigenvalue weighted by molar-refractivity contribution is 7.89. The molecule has 7 heteroatoms. The summed E-state index contributed by atoms with van der Waals surface area (Å²) in [5.41, 5.74) is 3.04. The Morgan fingerprint density at radius 2 is 1.73 bits per heavy atom. The number of hydrogen-bond acceptors (Lipinski definition) is 5. The van der Waals surface area contributed by atoms with Crippen LogP contribution >= 0.6 is 11.3 Å². The lowest BCUT2D eigenvalue weighted by Crippen LogP contribution is -2.40. The van der Waals surface area contributed by atoms with Gasteiger partial charge in [0.1, 0.15) is 0 Å². The van der Waals surface area contributed by atoms with E-state index in [1.54, 1.807) is 17.5 Å². The second kappa shape index (κ2) is 9.37. The average molecular weight is 450 g/mol. The van der Waals surface area contributed by atoms with E-state index in [1.807, 2.05) is 5.38 Å². The summed E-state index contributed by atoms with van der Waals surface area (Å²) >= 11 is 1.61. The Balaban J connectivity index is 1.93. The normalized spacial score (nSPS) is 17.6. The number of aromatic nitrogens is 1. The Hall–Kier alpha value is -1.44. The summed E-state index contributed by atoms with van der Waals surface area (Å²) in [5, 5.41) is 2.94. The van der Waals surface area contributed by atoms with Crippen LogP contribution in [0.15, 0.2) is 28.6 Å². The maximum atomic E-state index is 13.6. The van der Waals surface area contributed by atoms with Crippen molar-refractivity contribution in [3.8, 4) is 0 Å². The van der Waals surface area contributed by atoms with Crippen LogP contribution in [0.5, 0.6) is 0 Å². The molecule has 1 unspecified atom stereocenters. The van der Waals surface area contributed by atoms with E-state index in [1.165, 1.54) is 5.56 Å². The summed E-state index contributed by atoms with van der Waals surface area (Å²) < 4.78 is 30.1. The second-order valence-electron chi connectivity index (χ2n) is 9.15. The molecule has 30 heavy (non-hydrogen) atoms. The molecule has 1 atom stereocenters. The molecule has 0 saturated carbocycles. The number of nitrogens with one attached hydrogen (secondary N) is 1. The number of anilines is 1. The summed E-state index contributed by atoms with van der Waals surface area (Å²) in [6.07, 6.45) is 3.84. The molecule has 1 aromatic heterocycles. The van der Waals surface area contributed by atoms with Crippen LogP contribution < -0.4 is 9.62 Å². The van der Waals surface area contributed by atoms with Crippen molar-refractivity contribution in [2.24, 2.45) is 0 Å². The topological polar surface area (TPSA) is 62.3 Å². The quantitative estimate of drug-likeness (QED) is 0.581. The predicted octanol–water partition coefficient (Wildman–Crippen LogP) is 5.46. The minimum absolute atomic E-state index is 0.131. The van der Waals surface area contributed by atoms with Crippen LogP contribution in [0.2, 0.25) is 0 Å². The third kappa shape index (κ3) is 4.89. The van der Waals surface area contributed by atoms with Crippen molar-refractivity contribution in [2.75, 3.05) is 18.0 Å². The third-order valence-electron chi connectivity index (χ3n) is 5.90. The molecule has 0 bridgehead atoms. The molecule has 2 aromatic rings. The molecule has 5 nitrogen and oxygen atoms in total. The number of hydrogen-bond donors (Lipinski definition) is 1. The van der Waals surface area contributed by atoms with Gasteiger partial charge in [0.2, 0.25) is 10.0 Å². The zero-order chi connectivity index (χ0) is 22.1. The van der Waals surface area contributed by atoms with E-state index >= 15 is 0 Å². The minimum Gasteiger partial charge on any atom is -0.344 e. The standard InChI is InChI=1S/C23H35N3O2S2/c1-15(2)18-12-20(16(3)4)22(21(13-18)17(5)6)30(27,28)25-14-19-8-7-10-26(19)23-24-9-11-29-23/h9,11-13,15-17,19,25H,7-8,10,14H2,1-6H3. The van der Waals surface area contributed by atoms with Crippen LogP contribution in [0.1, 0.15) is 88.8 Å². The van der Waals surface area contributed by atoms with Gasteiger partial charge in [-0.1, -0.05) is 53.7 Å².